The summed E-state index contributed by atoms with van der Waals surface area (Å²) in [6.07, 6.45) is 0.890. The van der Waals surface area contributed by atoms with Crippen molar-refractivity contribution in [2.75, 3.05) is 6.61 Å². The second kappa shape index (κ2) is 16.5. The highest BCUT2D eigenvalue weighted by atomic mass is 16.9. The maximum atomic E-state index is 11.0. The van der Waals surface area contributed by atoms with Crippen LogP contribution in [0.3, 0.4) is 0 Å². The summed E-state index contributed by atoms with van der Waals surface area (Å²) < 4.78 is 16.3. The molecule has 0 saturated heterocycles. The summed E-state index contributed by atoms with van der Waals surface area (Å²) in [6, 6.07) is 0. The van der Waals surface area contributed by atoms with Crippen molar-refractivity contribution in [1.82, 2.24) is 0 Å². The first-order valence-corrected chi connectivity index (χ1v) is 10.7. The minimum atomic E-state index is -2.46. The zero-order valence-electron chi connectivity index (χ0n) is 17.8. The number of rotatable bonds is 19. The van der Waals surface area contributed by atoms with Gasteiger partial charge >= 0.3 is 5.97 Å². The number of hydrogen-bond donors (Lipinski definition) is 5. The smallest absolute Gasteiger partial charge is 0.312 e. The van der Waals surface area contributed by atoms with Crippen LogP contribution in [0.2, 0.25) is 0 Å². The van der Waals surface area contributed by atoms with E-state index in [1.165, 1.54) is 0 Å². The van der Waals surface area contributed by atoms with E-state index in [1.54, 1.807) is 0 Å². The van der Waals surface area contributed by atoms with Crippen molar-refractivity contribution in [2.45, 2.75) is 122 Å². The Bertz CT molecular complexity index is 339. The normalized spacial score (nSPS) is 18.4. The van der Waals surface area contributed by atoms with Gasteiger partial charge in [-0.2, -0.15) is 0 Å². The van der Waals surface area contributed by atoms with Gasteiger partial charge in [0.25, 0.3) is 0 Å². The van der Waals surface area contributed by atoms with E-state index in [9.17, 15) is 25.5 Å². The molecule has 0 aliphatic heterocycles. The molecule has 0 rings (SSSR count). The molecule has 0 radical (unpaired) electrons. The highest BCUT2D eigenvalue weighted by Gasteiger charge is 2.45. The van der Waals surface area contributed by atoms with Gasteiger partial charge in [0.05, 0.1) is 0 Å². The molecule has 8 nitrogen and oxygen atoms in total. The highest BCUT2D eigenvalue weighted by molar-refractivity contribution is 4.73. The van der Waals surface area contributed by atoms with Gasteiger partial charge in [-0.3, -0.25) is 9.47 Å². The van der Waals surface area contributed by atoms with Crippen molar-refractivity contribution in [3.05, 3.63) is 0 Å². The van der Waals surface area contributed by atoms with Gasteiger partial charge in [-0.1, -0.05) is 40.0 Å². The van der Waals surface area contributed by atoms with E-state index in [-0.39, 0.29) is 32.3 Å². The lowest BCUT2D eigenvalue weighted by atomic mass is 10.1. The first kappa shape index (κ1) is 27.7. The molecule has 5 N–H and O–H groups in total. The van der Waals surface area contributed by atoms with Crippen LogP contribution < -0.4 is 0 Å². The van der Waals surface area contributed by atoms with Crippen LogP contribution in [0.5, 0.6) is 0 Å². The fourth-order valence-electron chi connectivity index (χ4n) is 2.69. The van der Waals surface area contributed by atoms with Crippen LogP contribution in [-0.2, 0) is 14.2 Å². The molecule has 170 valence electrons. The van der Waals surface area contributed by atoms with Crippen molar-refractivity contribution in [3.63, 3.8) is 0 Å². The van der Waals surface area contributed by atoms with Gasteiger partial charge in [0.15, 0.2) is 18.9 Å². The van der Waals surface area contributed by atoms with E-state index in [2.05, 4.69) is 0 Å². The fraction of sp³-hybridized carbons (Fsp3) is 1.00. The second-order valence-electron chi connectivity index (χ2n) is 7.15. The van der Waals surface area contributed by atoms with Crippen molar-refractivity contribution >= 4 is 0 Å². The third-order valence-electron chi connectivity index (χ3n) is 4.38. The quantitative estimate of drug-likeness (QED) is 0.205. The van der Waals surface area contributed by atoms with E-state index in [0.717, 1.165) is 25.7 Å². The number of aliphatic hydroxyl groups is 5. The average Bonchev–Trinajstić information content (AvgIpc) is 2.65. The molecule has 0 heterocycles. The SMILES string of the molecule is CCCCC(O)OC(CCCO)C(O)(OC(O)CCCC)OC(O)CCCC. The van der Waals surface area contributed by atoms with E-state index in [4.69, 9.17) is 14.2 Å². The Labute approximate surface area is 169 Å². The summed E-state index contributed by atoms with van der Waals surface area (Å²) in [5, 5.41) is 50.6. The molecule has 4 atom stereocenters. The molecule has 0 spiro atoms. The zero-order chi connectivity index (χ0) is 21.4. The Morgan fingerprint density at radius 3 is 1.50 bits per heavy atom. The molecule has 0 aliphatic carbocycles. The minimum Gasteiger partial charge on any atom is -0.396 e. The monoisotopic (exact) mass is 410 g/mol. The summed E-state index contributed by atoms with van der Waals surface area (Å²) in [5.41, 5.74) is 0. The molecule has 0 saturated carbocycles. The average molecular weight is 411 g/mol. The summed E-state index contributed by atoms with van der Waals surface area (Å²) >= 11 is 0. The summed E-state index contributed by atoms with van der Waals surface area (Å²) in [6.45, 7) is 5.74. The Kier molecular flexibility index (Phi) is 16.3. The van der Waals surface area contributed by atoms with Crippen LogP contribution in [0.15, 0.2) is 0 Å². The van der Waals surface area contributed by atoms with Crippen molar-refractivity contribution in [3.8, 4) is 0 Å². The van der Waals surface area contributed by atoms with E-state index < -0.39 is 30.9 Å². The minimum absolute atomic E-state index is 0.108. The zero-order valence-corrected chi connectivity index (χ0v) is 17.8. The maximum Gasteiger partial charge on any atom is 0.312 e. The second-order valence-corrected chi connectivity index (χ2v) is 7.15. The van der Waals surface area contributed by atoms with Crippen molar-refractivity contribution in [2.24, 2.45) is 0 Å². The van der Waals surface area contributed by atoms with Crippen LogP contribution in [0.1, 0.15) is 91.4 Å². The molecule has 0 fully saturated rings. The molecule has 0 aromatic heterocycles. The van der Waals surface area contributed by atoms with Gasteiger partial charge in [-0.25, -0.2) is 0 Å². The number of unbranched alkanes of at least 4 members (excludes halogenated alkanes) is 3. The molecule has 0 aromatic carbocycles. The topological polar surface area (TPSA) is 129 Å². The summed E-state index contributed by atoms with van der Waals surface area (Å²) in [4.78, 5) is 0. The first-order valence-electron chi connectivity index (χ1n) is 10.7. The molecule has 0 aromatic rings. The molecule has 4 unspecified atom stereocenters. The summed E-state index contributed by atoms with van der Waals surface area (Å²) in [5.74, 6) is -2.46. The predicted molar refractivity (Wildman–Crippen MR) is 105 cm³/mol. The summed E-state index contributed by atoms with van der Waals surface area (Å²) in [7, 11) is 0. The predicted octanol–water partition coefficient (Wildman–Crippen LogP) is 2.35. The largest absolute Gasteiger partial charge is 0.396 e. The molecule has 0 aliphatic rings. The molecule has 8 heteroatoms. The third kappa shape index (κ3) is 12.3. The van der Waals surface area contributed by atoms with Gasteiger partial charge in [-0.15, -0.1) is 0 Å². The molecule has 0 bridgehead atoms. The third-order valence-corrected chi connectivity index (χ3v) is 4.38. The fourth-order valence-corrected chi connectivity index (χ4v) is 2.69. The lowest BCUT2D eigenvalue weighted by molar-refractivity contribution is -0.465. The van der Waals surface area contributed by atoms with Gasteiger partial charge in [-0.05, 0) is 51.4 Å². The van der Waals surface area contributed by atoms with Crippen LogP contribution in [0.4, 0.5) is 0 Å². The molecule has 28 heavy (non-hydrogen) atoms. The number of ether oxygens (including phenoxy) is 3. The highest BCUT2D eigenvalue weighted by Crippen LogP contribution is 2.28. The standard InChI is InChI=1S/C20H42O8/c1-4-7-12-17(22)26-16(11-10-15-21)20(25,27-18(23)13-8-5-2)28-19(24)14-9-6-3/h16-19,21-25H,4-15H2,1-3H3. The Morgan fingerprint density at radius 2 is 1.11 bits per heavy atom. The van der Waals surface area contributed by atoms with Crippen molar-refractivity contribution in [1.29, 1.82) is 0 Å². The van der Waals surface area contributed by atoms with E-state index >= 15 is 0 Å². The Hall–Kier alpha value is -0.320. The molecular weight excluding hydrogens is 368 g/mol. The van der Waals surface area contributed by atoms with Crippen molar-refractivity contribution < 1.29 is 39.7 Å². The van der Waals surface area contributed by atoms with Gasteiger partial charge in [0.1, 0.15) is 6.10 Å². The van der Waals surface area contributed by atoms with Gasteiger partial charge in [0, 0.05) is 6.61 Å². The van der Waals surface area contributed by atoms with E-state index in [1.807, 2.05) is 20.8 Å². The van der Waals surface area contributed by atoms with Crippen LogP contribution in [-0.4, -0.2) is 63.1 Å². The number of aliphatic hydroxyl groups excluding tert-OH is 4. The Balaban J connectivity index is 5.33. The Morgan fingerprint density at radius 1 is 0.679 bits per heavy atom. The molecule has 0 amide bonds. The van der Waals surface area contributed by atoms with Gasteiger partial charge < -0.3 is 30.3 Å². The lowest BCUT2D eigenvalue weighted by Gasteiger charge is -2.38. The molecular formula is C20H42O8. The van der Waals surface area contributed by atoms with E-state index in [0.29, 0.717) is 19.3 Å². The van der Waals surface area contributed by atoms with Crippen LogP contribution in [0.25, 0.3) is 0 Å². The number of hydrogen-bond acceptors (Lipinski definition) is 8. The van der Waals surface area contributed by atoms with Gasteiger partial charge in [0.2, 0.25) is 0 Å². The lowest BCUT2D eigenvalue weighted by Crippen LogP contribution is -2.54. The van der Waals surface area contributed by atoms with Crippen LogP contribution in [0, 0.1) is 0 Å². The maximum absolute atomic E-state index is 11.0. The van der Waals surface area contributed by atoms with Crippen LogP contribution >= 0.6 is 0 Å². The first-order chi connectivity index (χ1) is 13.3.